The standard InChI is InChI=1S/C20H32N6O7S/c1-10(2)5-14(20(32)33)25-19(31)15(8-34)26-18(30)13(3-4-16(27)28)24-17(29)12(21)6-11-7-22-9-23-11/h7,9-10,12-15,34H,3-6,8,21H2,1-2H3,(H,22,23)(H,24,29)(H,25,31)(H,26,30)(H,27,28)(H,32,33). The third-order valence-electron chi connectivity index (χ3n) is 4.75. The average Bonchev–Trinajstić information content (AvgIpc) is 3.26. The molecule has 0 fully saturated rings. The van der Waals surface area contributed by atoms with Crippen LogP contribution in [0.25, 0.3) is 0 Å². The lowest BCUT2D eigenvalue weighted by molar-refractivity contribution is -0.142. The Morgan fingerprint density at radius 1 is 1.03 bits per heavy atom. The molecular weight excluding hydrogens is 468 g/mol. The zero-order valence-corrected chi connectivity index (χ0v) is 19.9. The fourth-order valence-corrected chi connectivity index (χ4v) is 3.23. The van der Waals surface area contributed by atoms with Gasteiger partial charge in [-0.2, -0.15) is 12.6 Å². The van der Waals surface area contributed by atoms with Crippen molar-refractivity contribution >= 4 is 42.3 Å². The van der Waals surface area contributed by atoms with Crippen molar-refractivity contribution < 1.29 is 34.2 Å². The molecule has 0 saturated carbocycles. The summed E-state index contributed by atoms with van der Waals surface area (Å²) >= 11 is 4.04. The van der Waals surface area contributed by atoms with E-state index in [1.807, 2.05) is 0 Å². The van der Waals surface area contributed by atoms with E-state index in [4.69, 9.17) is 10.8 Å². The van der Waals surface area contributed by atoms with E-state index in [2.05, 4.69) is 38.5 Å². The number of nitrogens with one attached hydrogen (secondary N) is 4. The zero-order chi connectivity index (χ0) is 25.8. The fraction of sp³-hybridized carbons (Fsp3) is 0.600. The van der Waals surface area contributed by atoms with E-state index >= 15 is 0 Å². The van der Waals surface area contributed by atoms with Gasteiger partial charge in [0, 0.05) is 30.5 Å². The molecule has 4 atom stereocenters. The summed E-state index contributed by atoms with van der Waals surface area (Å²) in [5, 5.41) is 25.5. The van der Waals surface area contributed by atoms with Gasteiger partial charge in [0.05, 0.1) is 12.4 Å². The van der Waals surface area contributed by atoms with Crippen LogP contribution in [0.15, 0.2) is 12.5 Å². The second kappa shape index (κ2) is 14.2. The zero-order valence-electron chi connectivity index (χ0n) is 19.0. The van der Waals surface area contributed by atoms with E-state index < -0.39 is 60.2 Å². The number of nitrogens with two attached hydrogens (primary N) is 1. The van der Waals surface area contributed by atoms with Crippen LogP contribution in [0, 0.1) is 5.92 Å². The van der Waals surface area contributed by atoms with Crippen LogP contribution in [-0.2, 0) is 30.4 Å². The molecule has 1 aromatic heterocycles. The average molecular weight is 501 g/mol. The summed E-state index contributed by atoms with van der Waals surface area (Å²) in [5.41, 5.74) is 6.46. The number of aromatic nitrogens is 2. The van der Waals surface area contributed by atoms with Crippen molar-refractivity contribution in [3.05, 3.63) is 18.2 Å². The minimum absolute atomic E-state index is 0.00739. The Labute approximate surface area is 202 Å². The molecule has 0 aliphatic carbocycles. The Kier molecular flexibility index (Phi) is 12.1. The number of rotatable bonds is 15. The highest BCUT2D eigenvalue weighted by Gasteiger charge is 2.30. The number of H-pyrrole nitrogens is 1. The summed E-state index contributed by atoms with van der Waals surface area (Å²) in [6, 6.07) is -4.71. The number of thiol groups is 1. The van der Waals surface area contributed by atoms with Gasteiger partial charge in [-0.1, -0.05) is 13.8 Å². The van der Waals surface area contributed by atoms with Gasteiger partial charge in [0.15, 0.2) is 0 Å². The van der Waals surface area contributed by atoms with Crippen LogP contribution < -0.4 is 21.7 Å². The lowest BCUT2D eigenvalue weighted by Gasteiger charge is -2.24. The Morgan fingerprint density at radius 3 is 2.12 bits per heavy atom. The lowest BCUT2D eigenvalue weighted by atomic mass is 10.0. The minimum Gasteiger partial charge on any atom is -0.481 e. The topological polar surface area (TPSA) is 217 Å². The normalized spacial score (nSPS) is 14.5. The second-order valence-corrected chi connectivity index (χ2v) is 8.52. The first-order valence-corrected chi connectivity index (χ1v) is 11.3. The highest BCUT2D eigenvalue weighted by Crippen LogP contribution is 2.07. The summed E-state index contributed by atoms with van der Waals surface area (Å²) < 4.78 is 0. The molecule has 3 amide bonds. The number of hydrogen-bond donors (Lipinski definition) is 8. The molecule has 1 aromatic rings. The Morgan fingerprint density at radius 2 is 1.62 bits per heavy atom. The fourth-order valence-electron chi connectivity index (χ4n) is 2.97. The van der Waals surface area contributed by atoms with Crippen molar-refractivity contribution in [1.82, 2.24) is 25.9 Å². The van der Waals surface area contributed by atoms with Crippen LogP contribution in [0.2, 0.25) is 0 Å². The first-order chi connectivity index (χ1) is 15.9. The predicted molar refractivity (Wildman–Crippen MR) is 124 cm³/mol. The number of carbonyl (C=O) groups excluding carboxylic acids is 3. The van der Waals surface area contributed by atoms with Gasteiger partial charge >= 0.3 is 11.9 Å². The van der Waals surface area contributed by atoms with Crippen molar-refractivity contribution in [2.75, 3.05) is 5.75 Å². The molecule has 14 heteroatoms. The highest BCUT2D eigenvalue weighted by atomic mass is 32.1. The summed E-state index contributed by atoms with van der Waals surface area (Å²) in [6.45, 7) is 3.60. The van der Waals surface area contributed by atoms with E-state index in [0.29, 0.717) is 5.69 Å². The van der Waals surface area contributed by atoms with Crippen molar-refractivity contribution in [1.29, 1.82) is 0 Å². The number of aromatic amines is 1. The predicted octanol–water partition coefficient (Wildman–Crippen LogP) is -1.34. The number of carboxylic acids is 2. The molecule has 0 spiro atoms. The van der Waals surface area contributed by atoms with Crippen LogP contribution in [0.4, 0.5) is 0 Å². The van der Waals surface area contributed by atoms with Gasteiger partial charge in [0.25, 0.3) is 0 Å². The Hall–Kier alpha value is -3.13. The number of carboxylic acid groups (broad SMARTS) is 2. The van der Waals surface area contributed by atoms with Crippen LogP contribution in [0.5, 0.6) is 0 Å². The quantitative estimate of drug-likeness (QED) is 0.133. The number of imidazole rings is 1. The van der Waals surface area contributed by atoms with Gasteiger partial charge in [-0.05, 0) is 18.8 Å². The van der Waals surface area contributed by atoms with E-state index in [0.717, 1.165) is 0 Å². The van der Waals surface area contributed by atoms with E-state index in [9.17, 15) is 29.1 Å². The van der Waals surface area contributed by atoms with E-state index in [-0.39, 0.29) is 30.9 Å². The molecule has 190 valence electrons. The highest BCUT2D eigenvalue weighted by molar-refractivity contribution is 7.80. The molecule has 4 unspecified atom stereocenters. The molecule has 8 N–H and O–H groups in total. The molecule has 13 nitrogen and oxygen atoms in total. The molecule has 0 aliphatic rings. The Balaban J connectivity index is 2.85. The van der Waals surface area contributed by atoms with E-state index in [1.54, 1.807) is 13.8 Å². The second-order valence-electron chi connectivity index (χ2n) is 8.15. The van der Waals surface area contributed by atoms with Gasteiger partial charge in [-0.3, -0.25) is 19.2 Å². The molecule has 0 aliphatic heterocycles. The largest absolute Gasteiger partial charge is 0.481 e. The monoisotopic (exact) mass is 500 g/mol. The number of nitrogens with zero attached hydrogens (tertiary/aromatic N) is 1. The summed E-state index contributed by atoms with van der Waals surface area (Å²) in [4.78, 5) is 66.9. The van der Waals surface area contributed by atoms with Gasteiger partial charge in [-0.25, -0.2) is 9.78 Å². The maximum Gasteiger partial charge on any atom is 0.326 e. The number of hydrogen-bond acceptors (Lipinski definition) is 8. The third kappa shape index (κ3) is 10.2. The summed E-state index contributed by atoms with van der Waals surface area (Å²) in [6.07, 6.45) is 2.51. The van der Waals surface area contributed by atoms with E-state index in [1.165, 1.54) is 12.5 Å². The van der Waals surface area contributed by atoms with Crippen molar-refractivity contribution in [3.63, 3.8) is 0 Å². The molecule has 1 heterocycles. The smallest absolute Gasteiger partial charge is 0.326 e. The molecular formula is C20H32N6O7S. The van der Waals surface area contributed by atoms with Gasteiger partial charge < -0.3 is 36.9 Å². The van der Waals surface area contributed by atoms with Crippen LogP contribution in [0.1, 0.15) is 38.8 Å². The molecule has 0 saturated heterocycles. The molecule has 0 radical (unpaired) electrons. The van der Waals surface area contributed by atoms with Crippen molar-refractivity contribution in [3.8, 4) is 0 Å². The molecule has 34 heavy (non-hydrogen) atoms. The van der Waals surface area contributed by atoms with Gasteiger partial charge in [-0.15, -0.1) is 0 Å². The molecule has 0 bridgehead atoms. The molecule has 0 aromatic carbocycles. The van der Waals surface area contributed by atoms with Crippen LogP contribution in [0.3, 0.4) is 0 Å². The molecule has 1 rings (SSSR count). The number of amides is 3. The van der Waals surface area contributed by atoms with Crippen molar-refractivity contribution in [2.45, 2.75) is 63.7 Å². The minimum atomic E-state index is -1.29. The summed E-state index contributed by atoms with van der Waals surface area (Å²) in [5.74, 6) is -4.87. The number of carbonyl (C=O) groups is 5. The third-order valence-corrected chi connectivity index (χ3v) is 5.11. The van der Waals surface area contributed by atoms with Gasteiger partial charge in [0.1, 0.15) is 18.1 Å². The number of aliphatic carboxylic acids is 2. The van der Waals surface area contributed by atoms with Crippen LogP contribution >= 0.6 is 12.6 Å². The maximum absolute atomic E-state index is 12.8. The Bertz CT molecular complexity index is 848. The van der Waals surface area contributed by atoms with Gasteiger partial charge in [0.2, 0.25) is 17.7 Å². The van der Waals surface area contributed by atoms with Crippen molar-refractivity contribution in [2.24, 2.45) is 11.7 Å². The maximum atomic E-state index is 12.8. The lowest BCUT2D eigenvalue weighted by Crippen LogP contribution is -2.58. The SMILES string of the molecule is CC(C)CC(NC(=O)C(CS)NC(=O)C(CCC(=O)O)NC(=O)C(N)Cc1cnc[nH]1)C(=O)O. The first kappa shape index (κ1) is 28.9. The first-order valence-electron chi connectivity index (χ1n) is 10.6. The summed E-state index contributed by atoms with van der Waals surface area (Å²) in [7, 11) is 0. The van der Waals surface area contributed by atoms with Crippen LogP contribution in [-0.4, -0.2) is 79.8 Å².